The molecule has 0 aliphatic carbocycles. The Morgan fingerprint density at radius 3 is 1.24 bits per heavy atom. The summed E-state index contributed by atoms with van der Waals surface area (Å²) in [7, 11) is 0. The Kier molecular flexibility index (Phi) is 15.0. The first kappa shape index (κ1) is 61.2. The van der Waals surface area contributed by atoms with Gasteiger partial charge < -0.3 is 4.57 Å². The quantitative estimate of drug-likeness (QED) is 0.0849. The van der Waals surface area contributed by atoms with Crippen molar-refractivity contribution < 1.29 is 0 Å². The summed E-state index contributed by atoms with van der Waals surface area (Å²) >= 11 is 0. The van der Waals surface area contributed by atoms with Gasteiger partial charge in [0.15, 0.2) is 0 Å². The highest BCUT2D eigenvalue weighted by Gasteiger charge is 2.23. The molecule has 0 N–H and O–H groups in total. The number of para-hydroxylation sites is 2. The molecule has 0 fully saturated rings. The number of hydrogen-bond donors (Lipinski definition) is 0. The average Bonchev–Trinajstić information content (AvgIpc) is 1.38. The lowest BCUT2D eigenvalue weighted by atomic mass is 9.82. The molecule has 0 aliphatic heterocycles. The molecule has 0 bridgehead atoms. The molecule has 0 spiro atoms. The fraction of sp³-hybridized carbons (Fsp3) is 0. The molecule has 0 atom stereocenters. The highest BCUT2D eigenvalue weighted by atomic mass is 15.0. The number of rotatable bonds is 12. The summed E-state index contributed by atoms with van der Waals surface area (Å²) in [5.41, 5.74) is 24.9. The molecule has 20 aromatic rings. The predicted molar refractivity (Wildman–Crippen MR) is 452 cm³/mol. The summed E-state index contributed by atoms with van der Waals surface area (Å²) in [6, 6.07) is 142. The lowest BCUT2D eigenvalue weighted by Crippen LogP contribution is -1.95. The molecule has 0 unspecified atom stereocenters. The van der Waals surface area contributed by atoms with Crippen LogP contribution in [0.4, 0.5) is 0 Å². The maximum atomic E-state index is 2.49. The van der Waals surface area contributed by atoms with Crippen LogP contribution in [0.15, 0.2) is 382 Å². The Bertz CT molecular complexity index is 6890. The highest BCUT2D eigenvalue weighted by molar-refractivity contribution is 6.26. The van der Waals surface area contributed by atoms with E-state index in [1.807, 2.05) is 0 Å². The van der Waals surface area contributed by atoms with Crippen molar-refractivity contribution in [2.75, 3.05) is 0 Å². The molecule has 105 heavy (non-hydrogen) atoms. The molecule has 19 aromatic carbocycles. The van der Waals surface area contributed by atoms with Crippen molar-refractivity contribution in [1.82, 2.24) is 4.57 Å². The van der Waals surface area contributed by atoms with Crippen LogP contribution >= 0.6 is 0 Å². The molecular formula is C104H67N. The Morgan fingerprint density at radius 1 is 0.171 bits per heavy atom. The maximum absolute atomic E-state index is 2.49. The third kappa shape index (κ3) is 10.8. The molecule has 0 saturated carbocycles. The summed E-state index contributed by atoms with van der Waals surface area (Å²) in [5, 5.41) is 19.6. The topological polar surface area (TPSA) is 4.93 Å². The second-order valence-electron chi connectivity index (χ2n) is 27.8. The summed E-state index contributed by atoms with van der Waals surface area (Å²) < 4.78 is 2.44. The second-order valence-corrected chi connectivity index (χ2v) is 27.8. The van der Waals surface area contributed by atoms with E-state index in [4.69, 9.17) is 0 Å². The fourth-order valence-electron chi connectivity index (χ4n) is 16.8. The van der Waals surface area contributed by atoms with E-state index in [1.54, 1.807) is 0 Å². The lowest BCUT2D eigenvalue weighted by Gasteiger charge is -2.21. The van der Waals surface area contributed by atoms with Crippen LogP contribution in [0, 0.1) is 0 Å². The molecule has 488 valence electrons. The van der Waals surface area contributed by atoms with Crippen molar-refractivity contribution in [3.05, 3.63) is 404 Å². The highest BCUT2D eigenvalue weighted by Crippen LogP contribution is 2.50. The van der Waals surface area contributed by atoms with Crippen molar-refractivity contribution in [2.45, 2.75) is 0 Å². The Balaban J connectivity index is 0.751. The van der Waals surface area contributed by atoms with E-state index in [-0.39, 0.29) is 0 Å². The molecule has 0 amide bonds. The Morgan fingerprint density at radius 2 is 0.590 bits per heavy atom. The normalized spacial score (nSPS) is 11.9. The van der Waals surface area contributed by atoms with Crippen molar-refractivity contribution in [2.24, 2.45) is 0 Å². The summed E-state index contributed by atoms with van der Waals surface area (Å²) in [6.07, 6.45) is 8.99. The van der Waals surface area contributed by atoms with Crippen molar-refractivity contribution in [1.29, 1.82) is 0 Å². The fourth-order valence-corrected chi connectivity index (χ4v) is 16.8. The van der Waals surface area contributed by atoms with Gasteiger partial charge in [-0.05, 0) is 218 Å². The Hall–Kier alpha value is -13.7. The van der Waals surface area contributed by atoms with Gasteiger partial charge in [0.25, 0.3) is 0 Å². The molecule has 0 aliphatic rings. The van der Waals surface area contributed by atoms with E-state index in [2.05, 4.69) is 411 Å². The first-order valence-electron chi connectivity index (χ1n) is 36.3. The monoisotopic (exact) mass is 1330 g/mol. The molecule has 1 aromatic heterocycles. The van der Waals surface area contributed by atoms with Crippen LogP contribution in [0.5, 0.6) is 0 Å². The minimum absolute atomic E-state index is 1.14. The summed E-state index contributed by atoms with van der Waals surface area (Å²) in [6.45, 7) is 0. The molecule has 0 radical (unpaired) electrons. The van der Waals surface area contributed by atoms with Gasteiger partial charge in [-0.25, -0.2) is 0 Å². The number of nitrogens with zero attached hydrogens (tertiary/aromatic N) is 1. The van der Waals surface area contributed by atoms with Crippen LogP contribution in [0.25, 0.3) is 205 Å². The van der Waals surface area contributed by atoms with Crippen LogP contribution < -0.4 is 0 Å². The van der Waals surface area contributed by atoms with Gasteiger partial charge in [-0.3, -0.25) is 0 Å². The predicted octanol–water partition coefficient (Wildman–Crippen LogP) is 28.9. The van der Waals surface area contributed by atoms with E-state index in [0.717, 1.165) is 39.1 Å². The van der Waals surface area contributed by atoms with E-state index >= 15 is 0 Å². The van der Waals surface area contributed by atoms with Gasteiger partial charge in [-0.2, -0.15) is 0 Å². The number of hydrogen-bond acceptors (Lipinski definition) is 0. The minimum Gasteiger partial charge on any atom is -0.309 e. The lowest BCUT2D eigenvalue weighted by molar-refractivity contribution is 1.18. The average molecular weight is 1330 g/mol. The third-order valence-electron chi connectivity index (χ3n) is 21.8. The smallest absolute Gasteiger partial charge is 0.0547 e. The minimum atomic E-state index is 1.14. The Labute approximate surface area is 610 Å². The van der Waals surface area contributed by atoms with Crippen molar-refractivity contribution in [3.63, 3.8) is 0 Å². The van der Waals surface area contributed by atoms with Gasteiger partial charge in [0.2, 0.25) is 0 Å². The molecule has 1 nitrogen and oxygen atoms in total. The summed E-state index contributed by atoms with van der Waals surface area (Å²) in [5.74, 6) is 0. The van der Waals surface area contributed by atoms with Gasteiger partial charge in [0.1, 0.15) is 0 Å². The van der Waals surface area contributed by atoms with E-state index < -0.39 is 0 Å². The van der Waals surface area contributed by atoms with Crippen LogP contribution in [0.2, 0.25) is 0 Å². The summed E-state index contributed by atoms with van der Waals surface area (Å²) in [4.78, 5) is 0. The zero-order valence-corrected chi connectivity index (χ0v) is 57.6. The second kappa shape index (κ2) is 25.7. The van der Waals surface area contributed by atoms with E-state index in [1.165, 1.54) is 164 Å². The van der Waals surface area contributed by atoms with Gasteiger partial charge in [0.05, 0.1) is 11.0 Å². The van der Waals surface area contributed by atoms with Gasteiger partial charge in [-0.15, -0.1) is 0 Å². The molecule has 20 rings (SSSR count). The third-order valence-corrected chi connectivity index (χ3v) is 21.8. The van der Waals surface area contributed by atoms with E-state index in [9.17, 15) is 0 Å². The molecule has 1 heterocycles. The first-order valence-corrected chi connectivity index (χ1v) is 36.3. The number of benzene rings is 19. The standard InChI is InChI=1S/C104H67N/c1-3-21-73(22-4-1)86-60-56-75(84-28-11-12-30-87(84)86)49-42-70-45-52-77(53-46-70)102-93-34-15-16-35-94(93)104(90-36-19-25-74-23-9-10-29-85(74)90)96-63-58-81(66-98(96)102)80-57-62-95-97(65-80)103(82-59-61-89-88-31-17-18-37-99(88)105(100(89)67-82)83-26-5-2-6-27-83)92-33-14-13-32-91(92)101(95)76-50-43-69(44-51-76)39-38-68-40-47-72(48-41-68)79-55-54-71-20-7-8-24-78(71)64-79/h1-67H. The zero-order chi connectivity index (χ0) is 69.3. The zero-order valence-electron chi connectivity index (χ0n) is 57.6. The van der Waals surface area contributed by atoms with Gasteiger partial charge >= 0.3 is 0 Å². The van der Waals surface area contributed by atoms with Crippen molar-refractivity contribution in [3.8, 4) is 83.6 Å². The molecule has 1 heteroatoms. The van der Waals surface area contributed by atoms with E-state index in [0.29, 0.717) is 0 Å². The first-order chi connectivity index (χ1) is 52.1. The SMILES string of the molecule is C(=Cc1ccc(-c2c3ccccc3c(-c3ccc4c5ccccc5n(-c5ccccc5)c4c3)c3cc(-c4ccc5c(-c6cccc7ccccc67)c6ccccc6c(-c6ccc(C=Cc7ccc(-c8ccccc8)c8ccccc78)cc6)c5c4)ccc23)cc1)c1ccc(-c2ccc3ccccc3c2)cc1. The van der Waals surface area contributed by atoms with Crippen LogP contribution in [-0.4, -0.2) is 4.57 Å². The largest absolute Gasteiger partial charge is 0.309 e. The molecule has 0 saturated heterocycles. The number of aromatic nitrogens is 1. The van der Waals surface area contributed by atoms with Gasteiger partial charge in [-0.1, -0.05) is 364 Å². The van der Waals surface area contributed by atoms with Crippen molar-refractivity contribution >= 4 is 122 Å². The van der Waals surface area contributed by atoms with Crippen LogP contribution in [0.3, 0.4) is 0 Å². The molecular weight excluding hydrogens is 1260 g/mol. The van der Waals surface area contributed by atoms with Crippen LogP contribution in [0.1, 0.15) is 22.3 Å². The van der Waals surface area contributed by atoms with Gasteiger partial charge in [0, 0.05) is 16.5 Å². The number of fused-ring (bicyclic) bond motifs is 10. The van der Waals surface area contributed by atoms with Crippen LogP contribution in [-0.2, 0) is 0 Å². The maximum Gasteiger partial charge on any atom is 0.0547 e.